The van der Waals surface area contributed by atoms with E-state index in [0.717, 1.165) is 31.7 Å². The fourth-order valence-electron chi connectivity index (χ4n) is 3.48. The summed E-state index contributed by atoms with van der Waals surface area (Å²) < 4.78 is 6.21. The first kappa shape index (κ1) is 19.9. The second-order valence-electron chi connectivity index (χ2n) is 7.11. The van der Waals surface area contributed by atoms with Gasteiger partial charge in [-0.15, -0.1) is 0 Å². The van der Waals surface area contributed by atoms with Gasteiger partial charge in [-0.1, -0.05) is 54.9 Å². The first-order chi connectivity index (χ1) is 13.0. The van der Waals surface area contributed by atoms with Crippen molar-refractivity contribution in [3.8, 4) is 5.75 Å². The lowest BCUT2D eigenvalue weighted by Gasteiger charge is -2.39. The van der Waals surface area contributed by atoms with Crippen molar-refractivity contribution in [3.63, 3.8) is 0 Å². The number of rotatable bonds is 7. The van der Waals surface area contributed by atoms with Gasteiger partial charge >= 0.3 is 0 Å². The van der Waals surface area contributed by atoms with Gasteiger partial charge in [0.2, 0.25) is 0 Å². The summed E-state index contributed by atoms with van der Waals surface area (Å²) in [4.78, 5) is 16.0. The smallest absolute Gasteiger partial charge is 0.197 e. The van der Waals surface area contributed by atoms with Gasteiger partial charge < -0.3 is 10.1 Å². The van der Waals surface area contributed by atoms with Crippen LogP contribution in [0.4, 0.5) is 0 Å². The Bertz CT molecular complexity index is 762. The van der Waals surface area contributed by atoms with E-state index in [-0.39, 0.29) is 11.8 Å². The van der Waals surface area contributed by atoms with Crippen molar-refractivity contribution < 1.29 is 9.53 Å². The molecule has 3 rings (SSSR count). The zero-order valence-corrected chi connectivity index (χ0v) is 16.7. The van der Waals surface area contributed by atoms with Gasteiger partial charge in [-0.2, -0.15) is 0 Å². The molecule has 2 atom stereocenters. The third-order valence-electron chi connectivity index (χ3n) is 5.22. The molecule has 27 heavy (non-hydrogen) atoms. The Labute approximate surface area is 166 Å². The number of carbonyl (C=O) groups is 1. The predicted molar refractivity (Wildman–Crippen MR) is 109 cm³/mol. The number of benzene rings is 2. The SMILES string of the molecule is CCC(C)(Oc1cccc(Cl)c1)C(=O)C(c1ccccc1)N1CCNCC1. The molecule has 1 aliphatic rings. The number of piperazine rings is 1. The number of nitrogens with one attached hydrogen (secondary N) is 1. The maximum atomic E-state index is 13.8. The monoisotopic (exact) mass is 386 g/mol. The number of ketones is 1. The fraction of sp³-hybridized carbons (Fsp3) is 0.409. The van der Waals surface area contributed by atoms with Gasteiger partial charge in [-0.25, -0.2) is 0 Å². The van der Waals surface area contributed by atoms with Gasteiger partial charge in [0.25, 0.3) is 0 Å². The summed E-state index contributed by atoms with van der Waals surface area (Å²) in [5.41, 5.74) is 0.0783. The summed E-state index contributed by atoms with van der Waals surface area (Å²) in [5, 5.41) is 3.96. The molecule has 0 spiro atoms. The van der Waals surface area contributed by atoms with Crippen LogP contribution in [0, 0.1) is 0 Å². The molecule has 0 aromatic heterocycles. The number of ether oxygens (including phenoxy) is 1. The van der Waals surface area contributed by atoms with Crippen LogP contribution in [0.5, 0.6) is 5.75 Å². The molecule has 2 aromatic rings. The highest BCUT2D eigenvalue weighted by Crippen LogP contribution is 2.32. The van der Waals surface area contributed by atoms with E-state index in [1.165, 1.54) is 0 Å². The third kappa shape index (κ3) is 4.70. The molecule has 0 saturated carbocycles. The number of nitrogens with zero attached hydrogens (tertiary/aromatic N) is 1. The summed E-state index contributed by atoms with van der Waals surface area (Å²) in [6.07, 6.45) is 0.577. The van der Waals surface area contributed by atoms with Gasteiger partial charge in [0, 0.05) is 31.2 Å². The summed E-state index contributed by atoms with van der Waals surface area (Å²) in [6, 6.07) is 16.9. The van der Waals surface area contributed by atoms with E-state index < -0.39 is 5.60 Å². The van der Waals surface area contributed by atoms with Crippen molar-refractivity contribution in [2.45, 2.75) is 31.9 Å². The van der Waals surface area contributed by atoms with E-state index in [4.69, 9.17) is 16.3 Å². The van der Waals surface area contributed by atoms with Gasteiger partial charge in [-0.05, 0) is 37.1 Å². The molecule has 0 aliphatic carbocycles. The van der Waals surface area contributed by atoms with E-state index in [2.05, 4.69) is 10.2 Å². The summed E-state index contributed by atoms with van der Waals surface area (Å²) >= 11 is 6.10. The number of carbonyl (C=O) groups excluding carboxylic acids is 1. The summed E-state index contributed by atoms with van der Waals surface area (Å²) in [6.45, 7) is 7.31. The van der Waals surface area contributed by atoms with E-state index >= 15 is 0 Å². The average Bonchev–Trinajstić information content (AvgIpc) is 2.69. The van der Waals surface area contributed by atoms with Crippen LogP contribution in [0.1, 0.15) is 31.9 Å². The predicted octanol–water partition coefficient (Wildman–Crippen LogP) is 4.10. The Morgan fingerprint density at radius 1 is 1.19 bits per heavy atom. The molecule has 0 radical (unpaired) electrons. The highest BCUT2D eigenvalue weighted by molar-refractivity contribution is 6.30. The lowest BCUT2D eigenvalue weighted by molar-refractivity contribution is -0.139. The van der Waals surface area contributed by atoms with Crippen LogP contribution in [-0.4, -0.2) is 42.5 Å². The molecular weight excluding hydrogens is 360 g/mol. The van der Waals surface area contributed by atoms with Crippen LogP contribution < -0.4 is 10.1 Å². The fourth-order valence-corrected chi connectivity index (χ4v) is 3.66. The molecule has 4 nitrogen and oxygen atoms in total. The van der Waals surface area contributed by atoms with Crippen molar-refractivity contribution in [1.82, 2.24) is 10.2 Å². The highest BCUT2D eigenvalue weighted by atomic mass is 35.5. The van der Waals surface area contributed by atoms with Crippen molar-refractivity contribution in [3.05, 3.63) is 65.2 Å². The van der Waals surface area contributed by atoms with Gasteiger partial charge in [0.05, 0.1) is 6.04 Å². The molecule has 1 N–H and O–H groups in total. The summed E-state index contributed by atoms with van der Waals surface area (Å²) in [5.74, 6) is 0.699. The molecule has 1 aliphatic heterocycles. The minimum Gasteiger partial charge on any atom is -0.480 e. The van der Waals surface area contributed by atoms with Crippen molar-refractivity contribution in [2.75, 3.05) is 26.2 Å². The molecule has 144 valence electrons. The van der Waals surface area contributed by atoms with E-state index in [9.17, 15) is 4.79 Å². The van der Waals surface area contributed by atoms with Crippen LogP contribution in [-0.2, 0) is 4.79 Å². The van der Waals surface area contributed by atoms with E-state index in [0.29, 0.717) is 17.2 Å². The molecule has 0 amide bonds. The molecule has 2 aromatic carbocycles. The van der Waals surface area contributed by atoms with Crippen LogP contribution in [0.15, 0.2) is 54.6 Å². The number of hydrogen-bond acceptors (Lipinski definition) is 4. The van der Waals surface area contributed by atoms with Crippen LogP contribution in [0.3, 0.4) is 0 Å². The molecule has 0 bridgehead atoms. The van der Waals surface area contributed by atoms with Crippen LogP contribution in [0.2, 0.25) is 5.02 Å². The van der Waals surface area contributed by atoms with Crippen molar-refractivity contribution in [1.29, 1.82) is 0 Å². The molecule has 2 unspecified atom stereocenters. The van der Waals surface area contributed by atoms with Crippen molar-refractivity contribution in [2.24, 2.45) is 0 Å². The molecule has 1 saturated heterocycles. The largest absolute Gasteiger partial charge is 0.480 e. The Morgan fingerprint density at radius 2 is 1.89 bits per heavy atom. The zero-order valence-electron chi connectivity index (χ0n) is 16.0. The lowest BCUT2D eigenvalue weighted by atomic mass is 9.87. The maximum absolute atomic E-state index is 13.8. The standard InChI is InChI=1S/C22H27ClN2O2/c1-3-22(2,27-19-11-7-10-18(23)16-19)21(26)20(17-8-5-4-6-9-17)25-14-12-24-13-15-25/h4-11,16,20,24H,3,12-15H2,1-2H3. The second kappa shape index (κ2) is 8.87. The quantitative estimate of drug-likeness (QED) is 0.777. The summed E-state index contributed by atoms with van der Waals surface area (Å²) in [7, 11) is 0. The second-order valence-corrected chi connectivity index (χ2v) is 7.54. The zero-order chi connectivity index (χ0) is 19.3. The highest BCUT2D eigenvalue weighted by Gasteiger charge is 2.42. The van der Waals surface area contributed by atoms with Crippen LogP contribution in [0.25, 0.3) is 0 Å². The van der Waals surface area contributed by atoms with E-state index in [1.807, 2.05) is 56.3 Å². The topological polar surface area (TPSA) is 41.6 Å². The lowest BCUT2D eigenvalue weighted by Crippen LogP contribution is -2.53. The number of hydrogen-bond donors (Lipinski definition) is 1. The van der Waals surface area contributed by atoms with Gasteiger partial charge in [0.1, 0.15) is 5.75 Å². The molecular formula is C22H27ClN2O2. The first-order valence-electron chi connectivity index (χ1n) is 9.52. The van der Waals surface area contributed by atoms with E-state index in [1.54, 1.807) is 12.1 Å². The molecule has 5 heteroatoms. The average molecular weight is 387 g/mol. The normalized spacial score (nSPS) is 18.5. The Kier molecular flexibility index (Phi) is 6.53. The van der Waals surface area contributed by atoms with Gasteiger partial charge in [-0.3, -0.25) is 9.69 Å². The Hall–Kier alpha value is -1.88. The number of Topliss-reactive ketones (excluding diaryl/α,β-unsaturated/α-hetero) is 1. The van der Waals surface area contributed by atoms with Crippen molar-refractivity contribution >= 4 is 17.4 Å². The third-order valence-corrected chi connectivity index (χ3v) is 5.45. The molecule has 1 fully saturated rings. The molecule has 1 heterocycles. The van der Waals surface area contributed by atoms with Crippen LogP contribution >= 0.6 is 11.6 Å². The minimum absolute atomic E-state index is 0.0816. The minimum atomic E-state index is -0.934. The maximum Gasteiger partial charge on any atom is 0.197 e. The Balaban J connectivity index is 1.92. The first-order valence-corrected chi connectivity index (χ1v) is 9.90. The number of halogens is 1. The Morgan fingerprint density at radius 3 is 2.52 bits per heavy atom. The van der Waals surface area contributed by atoms with Gasteiger partial charge in [0.15, 0.2) is 11.4 Å².